The van der Waals surface area contributed by atoms with Crippen molar-refractivity contribution in [3.8, 4) is 5.75 Å². The lowest BCUT2D eigenvalue weighted by atomic mass is 9.84. The highest BCUT2D eigenvalue weighted by Crippen LogP contribution is 2.37. The standard InChI is InChI=1S/C14H17F4NO/c15-11-7-9(5-6-13(11)20)8-19-12-4-2-1-3-10(12)14(16,17)18/h5-7,10,12,19-20H,1-4,8H2. The molecule has 1 aliphatic carbocycles. The van der Waals surface area contributed by atoms with Crippen LogP contribution in [0.5, 0.6) is 5.75 Å². The Morgan fingerprint density at radius 2 is 1.90 bits per heavy atom. The van der Waals surface area contributed by atoms with E-state index in [1.54, 1.807) is 0 Å². The summed E-state index contributed by atoms with van der Waals surface area (Å²) in [5.74, 6) is -2.56. The number of hydrogen-bond acceptors (Lipinski definition) is 2. The number of halogens is 4. The fourth-order valence-electron chi connectivity index (χ4n) is 2.68. The summed E-state index contributed by atoms with van der Waals surface area (Å²) in [7, 11) is 0. The van der Waals surface area contributed by atoms with E-state index in [4.69, 9.17) is 5.11 Å². The van der Waals surface area contributed by atoms with Crippen LogP contribution in [0.4, 0.5) is 17.6 Å². The van der Waals surface area contributed by atoms with Crippen molar-refractivity contribution in [1.82, 2.24) is 5.32 Å². The van der Waals surface area contributed by atoms with Crippen LogP contribution in [0.15, 0.2) is 18.2 Å². The maximum absolute atomic E-state index is 13.2. The number of nitrogens with one attached hydrogen (secondary N) is 1. The number of rotatable bonds is 3. The third-order valence-corrected chi connectivity index (χ3v) is 3.77. The van der Waals surface area contributed by atoms with Gasteiger partial charge < -0.3 is 10.4 Å². The zero-order valence-electron chi connectivity index (χ0n) is 10.9. The molecule has 2 atom stereocenters. The van der Waals surface area contributed by atoms with Gasteiger partial charge in [-0.2, -0.15) is 13.2 Å². The number of alkyl halides is 3. The molecule has 1 saturated carbocycles. The van der Waals surface area contributed by atoms with E-state index in [-0.39, 0.29) is 13.0 Å². The van der Waals surface area contributed by atoms with Gasteiger partial charge in [0.05, 0.1) is 5.92 Å². The minimum absolute atomic E-state index is 0.144. The first kappa shape index (κ1) is 15.1. The van der Waals surface area contributed by atoms with Crippen molar-refractivity contribution in [1.29, 1.82) is 0 Å². The summed E-state index contributed by atoms with van der Waals surface area (Å²) in [6.07, 6.45) is -2.21. The van der Waals surface area contributed by atoms with Gasteiger partial charge in [-0.15, -0.1) is 0 Å². The van der Waals surface area contributed by atoms with Crippen LogP contribution in [0.25, 0.3) is 0 Å². The zero-order chi connectivity index (χ0) is 14.8. The Balaban J connectivity index is 1.99. The summed E-state index contributed by atoms with van der Waals surface area (Å²) in [4.78, 5) is 0. The Morgan fingerprint density at radius 3 is 2.55 bits per heavy atom. The average molecular weight is 291 g/mol. The normalized spacial score (nSPS) is 23.8. The Labute approximate surface area is 114 Å². The maximum Gasteiger partial charge on any atom is 0.393 e. The third kappa shape index (κ3) is 3.62. The van der Waals surface area contributed by atoms with Crippen molar-refractivity contribution in [3.63, 3.8) is 0 Å². The van der Waals surface area contributed by atoms with Crippen molar-refractivity contribution in [2.75, 3.05) is 0 Å². The first-order valence-corrected chi connectivity index (χ1v) is 6.65. The summed E-state index contributed by atoms with van der Waals surface area (Å²) in [6, 6.07) is 3.21. The van der Waals surface area contributed by atoms with Gasteiger partial charge in [-0.3, -0.25) is 0 Å². The Bertz CT molecular complexity index is 461. The molecule has 0 spiro atoms. The fourth-order valence-corrected chi connectivity index (χ4v) is 2.68. The van der Waals surface area contributed by atoms with Gasteiger partial charge in [-0.05, 0) is 30.5 Å². The van der Waals surface area contributed by atoms with Crippen LogP contribution in [0, 0.1) is 11.7 Å². The molecule has 0 amide bonds. The van der Waals surface area contributed by atoms with Gasteiger partial charge in [0.15, 0.2) is 11.6 Å². The summed E-state index contributed by atoms with van der Waals surface area (Å²) >= 11 is 0. The molecule has 2 unspecified atom stereocenters. The van der Waals surface area contributed by atoms with E-state index in [2.05, 4.69) is 5.32 Å². The topological polar surface area (TPSA) is 32.3 Å². The lowest BCUT2D eigenvalue weighted by molar-refractivity contribution is -0.189. The molecule has 1 aliphatic rings. The summed E-state index contributed by atoms with van der Waals surface area (Å²) in [5, 5.41) is 11.9. The third-order valence-electron chi connectivity index (χ3n) is 3.77. The van der Waals surface area contributed by atoms with Crippen LogP contribution in [0.1, 0.15) is 31.2 Å². The largest absolute Gasteiger partial charge is 0.505 e. The van der Waals surface area contributed by atoms with Gasteiger partial charge in [0, 0.05) is 12.6 Å². The fraction of sp³-hybridized carbons (Fsp3) is 0.571. The van der Waals surface area contributed by atoms with E-state index in [1.165, 1.54) is 12.1 Å². The molecule has 112 valence electrons. The monoisotopic (exact) mass is 291 g/mol. The van der Waals surface area contributed by atoms with Crippen LogP contribution < -0.4 is 5.32 Å². The minimum Gasteiger partial charge on any atom is -0.505 e. The molecule has 0 heterocycles. The van der Waals surface area contributed by atoms with Crippen LogP contribution in [-0.2, 0) is 6.54 Å². The number of benzene rings is 1. The first-order chi connectivity index (χ1) is 9.38. The van der Waals surface area contributed by atoms with E-state index in [9.17, 15) is 17.6 Å². The Kier molecular flexibility index (Phi) is 4.52. The first-order valence-electron chi connectivity index (χ1n) is 6.65. The Hall–Kier alpha value is -1.30. The molecule has 0 saturated heterocycles. The number of phenolic OH excluding ortho intramolecular Hbond substituents is 1. The smallest absolute Gasteiger partial charge is 0.393 e. The van der Waals surface area contributed by atoms with Crippen molar-refractivity contribution in [2.45, 2.75) is 44.4 Å². The van der Waals surface area contributed by atoms with Crippen LogP contribution >= 0.6 is 0 Å². The molecule has 1 fully saturated rings. The van der Waals surface area contributed by atoms with E-state index in [0.717, 1.165) is 12.5 Å². The van der Waals surface area contributed by atoms with Crippen LogP contribution in [0.3, 0.4) is 0 Å². The number of phenols is 1. The molecular weight excluding hydrogens is 274 g/mol. The summed E-state index contributed by atoms with van der Waals surface area (Å²) in [6.45, 7) is 0.161. The molecule has 0 aromatic heterocycles. The Morgan fingerprint density at radius 1 is 1.20 bits per heavy atom. The van der Waals surface area contributed by atoms with Crippen molar-refractivity contribution >= 4 is 0 Å². The molecule has 1 aromatic rings. The molecule has 6 heteroatoms. The van der Waals surface area contributed by atoms with E-state index in [1.807, 2.05) is 0 Å². The summed E-state index contributed by atoms with van der Waals surface area (Å²) in [5.41, 5.74) is 0.520. The second-order valence-electron chi connectivity index (χ2n) is 5.21. The van der Waals surface area contributed by atoms with Gasteiger partial charge >= 0.3 is 6.18 Å². The molecule has 2 nitrogen and oxygen atoms in total. The lowest BCUT2D eigenvalue weighted by Gasteiger charge is -2.33. The van der Waals surface area contributed by atoms with Crippen molar-refractivity contribution in [3.05, 3.63) is 29.6 Å². The van der Waals surface area contributed by atoms with E-state index >= 15 is 0 Å². The molecule has 1 aromatic carbocycles. The highest BCUT2D eigenvalue weighted by Gasteiger charge is 2.45. The molecule has 20 heavy (non-hydrogen) atoms. The molecular formula is C14H17F4NO. The van der Waals surface area contributed by atoms with Gasteiger partial charge in [0.2, 0.25) is 0 Å². The predicted molar refractivity (Wildman–Crippen MR) is 66.7 cm³/mol. The summed E-state index contributed by atoms with van der Waals surface area (Å²) < 4.78 is 51.9. The van der Waals surface area contributed by atoms with Crippen molar-refractivity contribution < 1.29 is 22.7 Å². The SMILES string of the molecule is Oc1ccc(CNC2CCCCC2C(F)(F)F)cc1F. The van der Waals surface area contributed by atoms with E-state index in [0.29, 0.717) is 18.4 Å². The zero-order valence-corrected chi connectivity index (χ0v) is 10.9. The average Bonchev–Trinajstić information content (AvgIpc) is 2.39. The molecule has 0 radical (unpaired) electrons. The lowest BCUT2D eigenvalue weighted by Crippen LogP contribution is -2.45. The quantitative estimate of drug-likeness (QED) is 0.831. The second kappa shape index (κ2) is 5.99. The highest BCUT2D eigenvalue weighted by molar-refractivity contribution is 5.27. The molecule has 2 N–H and O–H groups in total. The minimum atomic E-state index is -4.20. The maximum atomic E-state index is 13.2. The molecule has 0 aliphatic heterocycles. The van der Waals surface area contributed by atoms with Gasteiger partial charge in [-0.1, -0.05) is 18.9 Å². The predicted octanol–water partition coefficient (Wildman–Crippen LogP) is 3.74. The number of hydrogen-bond donors (Lipinski definition) is 2. The second-order valence-corrected chi connectivity index (χ2v) is 5.21. The van der Waals surface area contributed by atoms with E-state index < -0.39 is 29.7 Å². The van der Waals surface area contributed by atoms with Gasteiger partial charge in [0.1, 0.15) is 0 Å². The molecule has 2 rings (SSSR count). The molecule has 0 bridgehead atoms. The van der Waals surface area contributed by atoms with Gasteiger partial charge in [0.25, 0.3) is 0 Å². The number of aromatic hydroxyl groups is 1. The van der Waals surface area contributed by atoms with Crippen LogP contribution in [-0.4, -0.2) is 17.3 Å². The highest BCUT2D eigenvalue weighted by atomic mass is 19.4. The van der Waals surface area contributed by atoms with Crippen molar-refractivity contribution in [2.24, 2.45) is 5.92 Å². The van der Waals surface area contributed by atoms with Crippen LogP contribution in [0.2, 0.25) is 0 Å². The van der Waals surface area contributed by atoms with Gasteiger partial charge in [-0.25, -0.2) is 4.39 Å².